The molecule has 0 spiro atoms. The zero-order chi connectivity index (χ0) is 12.3. The molecule has 0 amide bonds. The zero-order valence-electron chi connectivity index (χ0n) is 9.86. The summed E-state index contributed by atoms with van der Waals surface area (Å²) in [5, 5.41) is 9.55. The normalized spacial score (nSPS) is 30.9. The van der Waals surface area contributed by atoms with E-state index in [9.17, 15) is 9.90 Å². The first-order valence-corrected chi connectivity index (χ1v) is 5.17. The number of nitrogens with two attached hydrogens (primary N) is 1. The molecule has 0 aromatic rings. The lowest BCUT2D eigenvalue weighted by molar-refractivity contribution is -0.135. The molecule has 0 radical (unpaired) electrons. The first-order chi connectivity index (χ1) is 7.39. The van der Waals surface area contributed by atoms with Crippen LogP contribution < -0.4 is 5.73 Å². The van der Waals surface area contributed by atoms with Crippen molar-refractivity contribution < 1.29 is 14.6 Å². The van der Waals surface area contributed by atoms with E-state index in [0.29, 0.717) is 18.6 Å². The number of hydrogen-bond acceptors (Lipinski definition) is 5. The predicted molar refractivity (Wildman–Crippen MR) is 61.0 cm³/mol. The monoisotopic (exact) mass is 226 g/mol. The van der Waals surface area contributed by atoms with E-state index in [-0.39, 0.29) is 11.6 Å². The minimum Gasteiger partial charge on any atom is -0.465 e. The van der Waals surface area contributed by atoms with E-state index in [4.69, 9.17) is 5.73 Å². The highest BCUT2D eigenvalue weighted by Crippen LogP contribution is 2.34. The lowest BCUT2D eigenvalue weighted by Crippen LogP contribution is -2.43. The van der Waals surface area contributed by atoms with Gasteiger partial charge in [-0.25, -0.2) is 4.79 Å². The summed E-state index contributed by atoms with van der Waals surface area (Å²) >= 11 is 0. The second kappa shape index (κ2) is 4.65. The first kappa shape index (κ1) is 12.7. The molecule has 16 heavy (non-hydrogen) atoms. The summed E-state index contributed by atoms with van der Waals surface area (Å²) in [5.41, 5.74) is 5.55. The van der Waals surface area contributed by atoms with Gasteiger partial charge in [0, 0.05) is 11.9 Å². The lowest BCUT2D eigenvalue weighted by atomic mass is 9.77. The third kappa shape index (κ3) is 2.82. The second-order valence-corrected chi connectivity index (χ2v) is 4.35. The molecule has 1 aliphatic rings. The van der Waals surface area contributed by atoms with Crippen molar-refractivity contribution in [1.29, 1.82) is 0 Å². The van der Waals surface area contributed by atoms with Gasteiger partial charge in [0.2, 0.25) is 0 Å². The topological polar surface area (TPSA) is 84.9 Å². The van der Waals surface area contributed by atoms with Crippen molar-refractivity contribution in [2.45, 2.75) is 38.3 Å². The molecule has 0 heterocycles. The highest BCUT2D eigenvalue weighted by Gasteiger charge is 2.38. The number of esters is 1. The molecule has 5 nitrogen and oxygen atoms in total. The van der Waals surface area contributed by atoms with Crippen molar-refractivity contribution in [3.8, 4) is 0 Å². The zero-order valence-corrected chi connectivity index (χ0v) is 9.86. The van der Waals surface area contributed by atoms with Crippen molar-refractivity contribution in [1.82, 2.24) is 0 Å². The number of aliphatic hydroxyl groups is 1. The summed E-state index contributed by atoms with van der Waals surface area (Å²) < 4.78 is 4.58. The van der Waals surface area contributed by atoms with E-state index in [0.717, 1.165) is 0 Å². The second-order valence-electron chi connectivity index (χ2n) is 4.35. The average Bonchev–Trinajstić information content (AvgIpc) is 2.15. The number of nitrogens with zero attached hydrogens (tertiary/aromatic N) is 1. The Morgan fingerprint density at radius 2 is 2.19 bits per heavy atom. The maximum Gasteiger partial charge on any atom is 0.341 e. The highest BCUT2D eigenvalue weighted by atomic mass is 16.5. The molecule has 3 N–H and O–H groups in total. The smallest absolute Gasteiger partial charge is 0.341 e. The maximum atomic E-state index is 11.3. The van der Waals surface area contributed by atoms with Crippen LogP contribution in [-0.4, -0.2) is 35.5 Å². The number of carbonyl (C=O) groups excluding carboxylic acids is 1. The summed E-state index contributed by atoms with van der Waals surface area (Å²) in [6.45, 7) is 3.48. The highest BCUT2D eigenvalue weighted by molar-refractivity contribution is 6.18. The third-order valence-electron chi connectivity index (χ3n) is 2.69. The van der Waals surface area contributed by atoms with Crippen LogP contribution in [0.4, 0.5) is 0 Å². The van der Waals surface area contributed by atoms with E-state index in [1.165, 1.54) is 13.3 Å². The van der Waals surface area contributed by atoms with E-state index in [2.05, 4.69) is 9.73 Å². The van der Waals surface area contributed by atoms with E-state index in [1.807, 2.05) is 0 Å². The third-order valence-corrected chi connectivity index (χ3v) is 2.69. The van der Waals surface area contributed by atoms with Gasteiger partial charge in [-0.3, -0.25) is 4.99 Å². The van der Waals surface area contributed by atoms with Gasteiger partial charge in [0.05, 0.1) is 24.3 Å². The Balaban J connectivity index is 2.67. The van der Waals surface area contributed by atoms with Crippen LogP contribution >= 0.6 is 0 Å². The Hall–Kier alpha value is -1.36. The minimum absolute atomic E-state index is 0.0645. The predicted octanol–water partition coefficient (Wildman–Crippen LogP) is 0.376. The lowest BCUT2D eigenvalue weighted by Gasteiger charge is -2.38. The van der Waals surface area contributed by atoms with Crippen LogP contribution in [0.25, 0.3) is 0 Å². The summed E-state index contributed by atoms with van der Waals surface area (Å²) in [7, 11) is 1.30. The van der Waals surface area contributed by atoms with E-state index >= 15 is 0 Å². The molecule has 1 saturated carbocycles. The van der Waals surface area contributed by atoms with Crippen LogP contribution in [0.3, 0.4) is 0 Å². The van der Waals surface area contributed by atoms with Crippen LogP contribution in [-0.2, 0) is 9.53 Å². The van der Waals surface area contributed by atoms with Gasteiger partial charge in [0.25, 0.3) is 0 Å². The largest absolute Gasteiger partial charge is 0.465 e. The quantitative estimate of drug-likeness (QED) is 0.414. The molecule has 1 rings (SSSR count). The Labute approximate surface area is 95.0 Å². The molecule has 1 aliphatic carbocycles. The van der Waals surface area contributed by atoms with Crippen molar-refractivity contribution in [2.75, 3.05) is 7.11 Å². The fourth-order valence-corrected chi connectivity index (χ4v) is 1.84. The molecule has 0 bridgehead atoms. The summed E-state index contributed by atoms with van der Waals surface area (Å²) in [4.78, 5) is 15.6. The van der Waals surface area contributed by atoms with Gasteiger partial charge in [-0.1, -0.05) is 0 Å². The molecule has 5 heteroatoms. The van der Waals surface area contributed by atoms with Crippen LogP contribution in [0.15, 0.2) is 16.8 Å². The number of carbonyl (C=O) groups is 1. The van der Waals surface area contributed by atoms with Crippen molar-refractivity contribution in [3.05, 3.63) is 11.8 Å². The fourth-order valence-electron chi connectivity index (χ4n) is 1.84. The Bertz CT molecular complexity index is 337. The van der Waals surface area contributed by atoms with Crippen LogP contribution in [0.5, 0.6) is 0 Å². The Kier molecular flexibility index (Phi) is 3.70. The molecule has 0 atom stereocenters. The van der Waals surface area contributed by atoms with Crippen LogP contribution in [0.1, 0.15) is 26.7 Å². The molecule has 0 aromatic carbocycles. The molecule has 0 aliphatic heterocycles. The maximum absolute atomic E-state index is 11.3. The van der Waals surface area contributed by atoms with Gasteiger partial charge in [0.1, 0.15) is 0 Å². The SMILES string of the molecule is COC(=O)C(=CN)C(C)=NC1CC(C)(O)C1. The van der Waals surface area contributed by atoms with E-state index < -0.39 is 11.6 Å². The minimum atomic E-state index is -0.619. The van der Waals surface area contributed by atoms with Crippen LogP contribution in [0.2, 0.25) is 0 Å². The Morgan fingerprint density at radius 1 is 1.62 bits per heavy atom. The summed E-state index contributed by atoms with van der Waals surface area (Å²) in [6.07, 6.45) is 2.42. The summed E-state index contributed by atoms with van der Waals surface area (Å²) in [6, 6.07) is 0.0645. The Morgan fingerprint density at radius 3 is 2.56 bits per heavy atom. The molecular formula is C11H18N2O3. The van der Waals surface area contributed by atoms with Gasteiger partial charge in [-0.15, -0.1) is 0 Å². The fraction of sp³-hybridized carbons (Fsp3) is 0.636. The number of aliphatic imine (C=N–C) groups is 1. The number of ether oxygens (including phenoxy) is 1. The van der Waals surface area contributed by atoms with E-state index in [1.54, 1.807) is 13.8 Å². The average molecular weight is 226 g/mol. The molecule has 90 valence electrons. The van der Waals surface area contributed by atoms with Gasteiger partial charge in [-0.05, 0) is 26.7 Å². The number of rotatable bonds is 3. The summed E-state index contributed by atoms with van der Waals surface area (Å²) in [5.74, 6) is -0.491. The van der Waals surface area contributed by atoms with Crippen molar-refractivity contribution >= 4 is 11.7 Å². The van der Waals surface area contributed by atoms with Crippen molar-refractivity contribution in [3.63, 3.8) is 0 Å². The molecular weight excluding hydrogens is 208 g/mol. The number of hydrogen-bond donors (Lipinski definition) is 2. The van der Waals surface area contributed by atoms with Gasteiger partial charge in [0.15, 0.2) is 0 Å². The first-order valence-electron chi connectivity index (χ1n) is 5.17. The van der Waals surface area contributed by atoms with Crippen LogP contribution in [0, 0.1) is 0 Å². The molecule has 0 unspecified atom stereocenters. The molecule has 1 fully saturated rings. The van der Waals surface area contributed by atoms with Gasteiger partial charge < -0.3 is 15.6 Å². The van der Waals surface area contributed by atoms with Gasteiger partial charge in [-0.2, -0.15) is 0 Å². The molecule has 0 saturated heterocycles. The molecule has 0 aromatic heterocycles. The standard InChI is InChI=1S/C11H18N2O3/c1-7(9(6-12)10(14)16-3)13-8-4-11(2,15)5-8/h6,8,15H,4-5,12H2,1-3H3. The number of methoxy groups -OCH3 is 1. The van der Waals surface area contributed by atoms with Gasteiger partial charge >= 0.3 is 5.97 Å². The van der Waals surface area contributed by atoms with Crippen molar-refractivity contribution in [2.24, 2.45) is 10.7 Å².